The van der Waals surface area contributed by atoms with Crippen molar-refractivity contribution in [3.8, 4) is 39.6 Å². The first-order valence-electron chi connectivity index (χ1n) is 20.6. The Hall–Kier alpha value is -5.90. The molecule has 0 radical (unpaired) electrons. The molecule has 6 heteroatoms. The second-order valence-corrected chi connectivity index (χ2v) is 17.1. The zero-order chi connectivity index (χ0) is 40.8. The molecule has 0 spiro atoms. The summed E-state index contributed by atoms with van der Waals surface area (Å²) in [6.07, 6.45) is 6.06. The molecular formula is C54H49N4OPt-3. The Labute approximate surface area is 369 Å². The Kier molecular flexibility index (Phi) is 11.3. The maximum Gasteiger partial charge on any atom is 0.135 e. The third kappa shape index (κ3) is 7.91. The number of rotatable bonds is 9. The number of nitrogens with zero attached hydrogens (tertiary/aromatic N) is 4. The van der Waals surface area contributed by atoms with Crippen LogP contribution in [0.3, 0.4) is 0 Å². The summed E-state index contributed by atoms with van der Waals surface area (Å²) >= 11 is 0. The molecule has 0 amide bonds. The van der Waals surface area contributed by atoms with Gasteiger partial charge in [0.1, 0.15) is 5.82 Å². The van der Waals surface area contributed by atoms with Crippen LogP contribution < -0.4 is 14.5 Å². The summed E-state index contributed by atoms with van der Waals surface area (Å²) in [7, 11) is 0. The first kappa shape index (κ1) is 40.9. The SMILES string of the molecule is CC(C)c1cccc(C(C)C)c1-c1ccc(N2C=CN(c3[c-]c(Oc4[c-]c5c(cc4)c4ccccc4n5-c4cc(C(C)(C)C)ccn4)cc(-c4ccccc4)c3)[CH-]2)cc1.[Pt]. The number of ether oxygens (including phenoxy) is 1. The molecule has 0 atom stereocenters. The molecule has 1 aliphatic rings. The van der Waals surface area contributed by atoms with Gasteiger partial charge in [-0.2, -0.15) is 6.07 Å². The van der Waals surface area contributed by atoms with Crippen LogP contribution in [0.2, 0.25) is 0 Å². The van der Waals surface area contributed by atoms with Crippen LogP contribution in [0.25, 0.3) is 49.9 Å². The van der Waals surface area contributed by atoms with E-state index in [1.807, 2.05) is 18.3 Å². The number of para-hydroxylation sites is 1. The summed E-state index contributed by atoms with van der Waals surface area (Å²) < 4.78 is 8.90. The third-order valence-electron chi connectivity index (χ3n) is 11.3. The van der Waals surface area contributed by atoms with E-state index in [-0.39, 0.29) is 26.5 Å². The van der Waals surface area contributed by atoms with Crippen molar-refractivity contribution in [3.05, 3.63) is 188 Å². The Bertz CT molecular complexity index is 2810. The Morgan fingerprint density at radius 2 is 1.32 bits per heavy atom. The molecule has 9 rings (SSSR count). The normalized spacial score (nSPS) is 12.9. The average Bonchev–Trinajstić information content (AvgIpc) is 3.87. The van der Waals surface area contributed by atoms with Gasteiger partial charge in [0, 0.05) is 50.0 Å². The minimum absolute atomic E-state index is 0. The summed E-state index contributed by atoms with van der Waals surface area (Å²) in [5, 5.41) is 2.23. The fraction of sp³-hybridized carbons (Fsp3) is 0.185. The van der Waals surface area contributed by atoms with Crippen LogP contribution in [-0.4, -0.2) is 9.55 Å². The van der Waals surface area contributed by atoms with Crippen molar-refractivity contribution >= 4 is 33.2 Å². The number of aromatic nitrogens is 2. The first-order chi connectivity index (χ1) is 28.5. The first-order valence-corrected chi connectivity index (χ1v) is 20.6. The second kappa shape index (κ2) is 16.6. The standard InChI is InChI=1S/C54H49N4O.Pt/c1-36(2)46-17-13-18-47(37(3)4)53(46)39-20-22-42(23-21-39)56-28-29-57(35-56)43-30-40(38-14-9-8-10-15-38)31-45(33-43)59-44-24-25-49-48-16-11-12-19-50(48)58(51(49)34-44)52-32-41(26-27-55-52)54(5,6)7;/h8-32,35-37H,1-7H3;/q-3;. The monoisotopic (exact) mass is 964 g/mol. The molecule has 0 unspecified atom stereocenters. The Balaban J connectivity index is 0.00000499. The Morgan fingerprint density at radius 3 is 2.03 bits per heavy atom. The number of hydrogen-bond acceptors (Lipinski definition) is 4. The van der Waals surface area contributed by atoms with E-state index in [0.717, 1.165) is 50.1 Å². The quantitative estimate of drug-likeness (QED) is 0.135. The summed E-state index contributed by atoms with van der Waals surface area (Å²) in [6.45, 7) is 17.9. The van der Waals surface area contributed by atoms with Gasteiger partial charge in [0.25, 0.3) is 0 Å². The van der Waals surface area contributed by atoms with E-state index in [1.54, 1.807) is 0 Å². The predicted molar refractivity (Wildman–Crippen MR) is 245 cm³/mol. The number of pyridine rings is 1. The topological polar surface area (TPSA) is 33.5 Å². The van der Waals surface area contributed by atoms with Gasteiger partial charge >= 0.3 is 0 Å². The van der Waals surface area contributed by atoms with Gasteiger partial charge in [-0.05, 0) is 98.7 Å². The smallest absolute Gasteiger partial charge is 0.135 e. The number of benzene rings is 6. The van der Waals surface area contributed by atoms with E-state index in [9.17, 15) is 0 Å². The van der Waals surface area contributed by atoms with Gasteiger partial charge in [0.15, 0.2) is 0 Å². The minimum Gasteiger partial charge on any atom is -0.509 e. The molecule has 2 aromatic heterocycles. The Morgan fingerprint density at radius 1 is 0.617 bits per heavy atom. The maximum atomic E-state index is 6.71. The largest absolute Gasteiger partial charge is 0.509 e. The average molecular weight is 965 g/mol. The number of anilines is 2. The predicted octanol–water partition coefficient (Wildman–Crippen LogP) is 14.4. The van der Waals surface area contributed by atoms with Gasteiger partial charge in [-0.15, -0.1) is 53.6 Å². The van der Waals surface area contributed by atoms with Gasteiger partial charge in [0.2, 0.25) is 0 Å². The number of fused-ring (bicyclic) bond motifs is 3. The molecule has 1 aliphatic heterocycles. The van der Waals surface area contributed by atoms with Crippen LogP contribution in [0.5, 0.6) is 11.5 Å². The minimum atomic E-state index is -0.0206. The van der Waals surface area contributed by atoms with Crippen molar-refractivity contribution in [2.45, 2.75) is 65.7 Å². The molecule has 304 valence electrons. The van der Waals surface area contributed by atoms with Gasteiger partial charge in [-0.1, -0.05) is 133 Å². The van der Waals surface area contributed by atoms with E-state index in [1.165, 1.54) is 27.8 Å². The van der Waals surface area contributed by atoms with E-state index >= 15 is 0 Å². The molecule has 0 bridgehead atoms. The summed E-state index contributed by atoms with van der Waals surface area (Å²) in [6, 6.07) is 54.4. The summed E-state index contributed by atoms with van der Waals surface area (Å²) in [5.41, 5.74) is 12.6. The molecule has 5 nitrogen and oxygen atoms in total. The van der Waals surface area contributed by atoms with E-state index in [4.69, 9.17) is 9.72 Å². The van der Waals surface area contributed by atoms with Gasteiger partial charge in [-0.25, -0.2) is 4.98 Å². The number of hydrogen-bond donors (Lipinski definition) is 0. The molecule has 3 heterocycles. The molecule has 0 saturated carbocycles. The van der Waals surface area contributed by atoms with Crippen molar-refractivity contribution in [1.29, 1.82) is 0 Å². The molecule has 0 fully saturated rings. The van der Waals surface area contributed by atoms with Crippen LogP contribution in [0.4, 0.5) is 11.4 Å². The van der Waals surface area contributed by atoms with Crippen LogP contribution >= 0.6 is 0 Å². The maximum absolute atomic E-state index is 6.71. The molecule has 0 saturated heterocycles. The summed E-state index contributed by atoms with van der Waals surface area (Å²) in [5.74, 6) is 2.92. The van der Waals surface area contributed by atoms with E-state index < -0.39 is 0 Å². The van der Waals surface area contributed by atoms with Crippen molar-refractivity contribution in [1.82, 2.24) is 9.55 Å². The van der Waals surface area contributed by atoms with Crippen molar-refractivity contribution in [2.24, 2.45) is 0 Å². The van der Waals surface area contributed by atoms with E-state index in [0.29, 0.717) is 23.3 Å². The fourth-order valence-electron chi connectivity index (χ4n) is 8.15. The molecule has 60 heavy (non-hydrogen) atoms. The van der Waals surface area contributed by atoms with Gasteiger partial charge < -0.3 is 19.1 Å². The van der Waals surface area contributed by atoms with E-state index in [2.05, 4.69) is 215 Å². The van der Waals surface area contributed by atoms with Crippen LogP contribution in [0.1, 0.15) is 77.0 Å². The molecule has 0 N–H and O–H groups in total. The second-order valence-electron chi connectivity index (χ2n) is 17.1. The zero-order valence-corrected chi connectivity index (χ0v) is 37.5. The van der Waals surface area contributed by atoms with Crippen LogP contribution in [0, 0.1) is 18.8 Å². The van der Waals surface area contributed by atoms with Crippen molar-refractivity contribution < 1.29 is 25.8 Å². The van der Waals surface area contributed by atoms with Crippen LogP contribution in [-0.2, 0) is 26.5 Å². The van der Waals surface area contributed by atoms with Crippen LogP contribution in [0.15, 0.2) is 152 Å². The molecule has 0 aliphatic carbocycles. The zero-order valence-electron chi connectivity index (χ0n) is 35.2. The van der Waals surface area contributed by atoms with Crippen molar-refractivity contribution in [2.75, 3.05) is 9.80 Å². The van der Waals surface area contributed by atoms with Gasteiger partial charge in [0.05, 0.1) is 0 Å². The third-order valence-corrected chi connectivity index (χ3v) is 11.3. The molecule has 8 aromatic rings. The molecular weight excluding hydrogens is 916 g/mol. The fourth-order valence-corrected chi connectivity index (χ4v) is 8.15. The van der Waals surface area contributed by atoms with Crippen molar-refractivity contribution in [3.63, 3.8) is 0 Å². The summed E-state index contributed by atoms with van der Waals surface area (Å²) in [4.78, 5) is 9.09. The van der Waals surface area contributed by atoms with Gasteiger partial charge in [-0.3, -0.25) is 0 Å². The molecule has 6 aromatic carbocycles.